The average Bonchev–Trinajstić information content (AvgIpc) is 3.04. The Kier molecular flexibility index (Phi) is 5.83. The number of hydrogen-bond donors (Lipinski definition) is 0. The van der Waals surface area contributed by atoms with Gasteiger partial charge in [-0.2, -0.15) is 0 Å². The molecule has 1 aliphatic carbocycles. The first-order chi connectivity index (χ1) is 13.5. The van der Waals surface area contributed by atoms with Crippen molar-refractivity contribution >= 4 is 39.2 Å². The van der Waals surface area contributed by atoms with Crippen molar-refractivity contribution in [2.45, 2.75) is 64.6 Å². The number of amides is 1. The van der Waals surface area contributed by atoms with Crippen LogP contribution in [0.2, 0.25) is 0 Å². The molecule has 0 radical (unpaired) electrons. The molecule has 5 nitrogen and oxygen atoms in total. The minimum atomic E-state index is 0.0706. The van der Waals surface area contributed by atoms with E-state index in [0.717, 1.165) is 55.4 Å². The second-order valence-corrected chi connectivity index (χ2v) is 10.4. The van der Waals surface area contributed by atoms with Crippen molar-refractivity contribution in [3.8, 4) is 0 Å². The molecule has 2 aromatic heterocycles. The summed E-state index contributed by atoms with van der Waals surface area (Å²) in [6.45, 7) is 8.79. The molecule has 0 saturated carbocycles. The van der Waals surface area contributed by atoms with Gasteiger partial charge in [-0.05, 0) is 56.4 Å². The van der Waals surface area contributed by atoms with Crippen molar-refractivity contribution in [3.05, 3.63) is 20.8 Å². The molecule has 2 aromatic rings. The zero-order valence-corrected chi connectivity index (χ0v) is 18.6. The maximum absolute atomic E-state index is 13.2. The highest BCUT2D eigenvalue weighted by Gasteiger charge is 2.25. The van der Waals surface area contributed by atoms with Crippen LogP contribution in [0.1, 0.15) is 50.5 Å². The number of nitrogens with zero attached hydrogens (tertiary/aromatic N) is 3. The summed E-state index contributed by atoms with van der Waals surface area (Å²) in [5, 5.41) is 1.51. The van der Waals surface area contributed by atoms with E-state index >= 15 is 0 Å². The summed E-state index contributed by atoms with van der Waals surface area (Å²) in [5.41, 5.74) is 1.30. The molecule has 4 rings (SSSR count). The fourth-order valence-electron chi connectivity index (χ4n) is 4.27. The summed E-state index contributed by atoms with van der Waals surface area (Å²) < 4.78 is 1.75. The van der Waals surface area contributed by atoms with Gasteiger partial charge in [0.05, 0.1) is 11.1 Å². The van der Waals surface area contributed by atoms with E-state index in [4.69, 9.17) is 4.98 Å². The second-order valence-electron chi connectivity index (χ2n) is 8.33. The number of aromatic nitrogens is 2. The maximum atomic E-state index is 13.2. The Labute approximate surface area is 174 Å². The SMILES string of the molecule is CCn1c(SCC(=O)N2CCC(C)CC2)nc2sc3c(c2c1=O)CC[C@@H](C)C3. The van der Waals surface area contributed by atoms with Crippen LogP contribution in [-0.2, 0) is 24.2 Å². The van der Waals surface area contributed by atoms with Crippen molar-refractivity contribution in [1.82, 2.24) is 14.5 Å². The minimum Gasteiger partial charge on any atom is -0.342 e. The largest absolute Gasteiger partial charge is 0.342 e. The molecule has 2 aliphatic rings. The average molecular weight is 420 g/mol. The molecule has 1 saturated heterocycles. The van der Waals surface area contributed by atoms with E-state index < -0.39 is 0 Å². The molecule has 1 aliphatic heterocycles. The Hall–Kier alpha value is -1.34. The zero-order chi connectivity index (χ0) is 19.8. The van der Waals surface area contributed by atoms with E-state index in [2.05, 4.69) is 13.8 Å². The minimum absolute atomic E-state index is 0.0706. The van der Waals surface area contributed by atoms with E-state index in [-0.39, 0.29) is 11.5 Å². The number of thiophene rings is 1. The fraction of sp³-hybridized carbons (Fsp3) is 0.667. The standard InChI is InChI=1S/C21H29N3O2S2/c1-4-24-20(26)18-15-6-5-14(3)11-16(15)28-19(18)22-21(24)27-12-17(25)23-9-7-13(2)8-10-23/h13-14H,4-12H2,1-3H3/t14-/m1/s1. The fourth-order valence-corrected chi connectivity index (χ4v) is 6.66. The van der Waals surface area contributed by atoms with Crippen LogP contribution in [0.15, 0.2) is 9.95 Å². The third kappa shape index (κ3) is 3.75. The molecular formula is C21H29N3O2S2. The molecule has 28 heavy (non-hydrogen) atoms. The highest BCUT2D eigenvalue weighted by molar-refractivity contribution is 7.99. The Morgan fingerprint density at radius 1 is 1.21 bits per heavy atom. The topological polar surface area (TPSA) is 55.2 Å². The molecule has 1 atom stereocenters. The van der Waals surface area contributed by atoms with Crippen LogP contribution in [0.3, 0.4) is 0 Å². The van der Waals surface area contributed by atoms with Gasteiger partial charge in [-0.15, -0.1) is 11.3 Å². The van der Waals surface area contributed by atoms with E-state index in [1.807, 2.05) is 11.8 Å². The number of rotatable bonds is 4. The Bertz CT molecular complexity index is 941. The van der Waals surface area contributed by atoms with Gasteiger partial charge in [0.15, 0.2) is 5.16 Å². The van der Waals surface area contributed by atoms with Gasteiger partial charge < -0.3 is 4.90 Å². The van der Waals surface area contributed by atoms with Gasteiger partial charge in [-0.25, -0.2) is 4.98 Å². The van der Waals surface area contributed by atoms with Crippen molar-refractivity contribution < 1.29 is 4.79 Å². The van der Waals surface area contributed by atoms with Gasteiger partial charge in [0, 0.05) is 24.5 Å². The number of hydrogen-bond acceptors (Lipinski definition) is 5. The first-order valence-corrected chi connectivity index (χ1v) is 12.2. The molecule has 0 unspecified atom stereocenters. The number of likely N-dealkylation sites (tertiary alicyclic amines) is 1. The first-order valence-electron chi connectivity index (χ1n) is 10.4. The van der Waals surface area contributed by atoms with Gasteiger partial charge in [0.1, 0.15) is 4.83 Å². The lowest BCUT2D eigenvalue weighted by atomic mass is 9.89. The van der Waals surface area contributed by atoms with Gasteiger partial charge >= 0.3 is 0 Å². The van der Waals surface area contributed by atoms with Gasteiger partial charge in [-0.3, -0.25) is 14.2 Å². The summed E-state index contributed by atoms with van der Waals surface area (Å²) in [7, 11) is 0. The lowest BCUT2D eigenvalue weighted by Gasteiger charge is -2.30. The van der Waals surface area contributed by atoms with Crippen LogP contribution in [-0.4, -0.2) is 39.2 Å². The molecule has 0 aromatic carbocycles. The third-order valence-electron chi connectivity index (χ3n) is 6.16. The normalized spacial score (nSPS) is 20.5. The summed E-state index contributed by atoms with van der Waals surface area (Å²) in [6, 6.07) is 0. The molecular weight excluding hydrogens is 390 g/mol. The number of piperidine rings is 1. The Morgan fingerprint density at radius 2 is 1.96 bits per heavy atom. The molecule has 7 heteroatoms. The number of aryl methyl sites for hydroxylation is 1. The third-order valence-corrected chi connectivity index (χ3v) is 8.27. The van der Waals surface area contributed by atoms with E-state index in [0.29, 0.717) is 29.3 Å². The monoisotopic (exact) mass is 419 g/mol. The molecule has 0 N–H and O–H groups in total. The number of carbonyl (C=O) groups excluding carboxylic acids is 1. The van der Waals surface area contributed by atoms with E-state index in [9.17, 15) is 9.59 Å². The number of fused-ring (bicyclic) bond motifs is 3. The molecule has 1 amide bonds. The first kappa shape index (κ1) is 20.0. The van der Waals surface area contributed by atoms with Crippen LogP contribution in [0.5, 0.6) is 0 Å². The van der Waals surface area contributed by atoms with Crippen molar-refractivity contribution in [3.63, 3.8) is 0 Å². The highest BCUT2D eigenvalue weighted by Crippen LogP contribution is 2.36. The maximum Gasteiger partial charge on any atom is 0.263 e. The van der Waals surface area contributed by atoms with Crippen molar-refractivity contribution in [1.29, 1.82) is 0 Å². The van der Waals surface area contributed by atoms with E-state index in [1.165, 1.54) is 22.2 Å². The summed E-state index contributed by atoms with van der Waals surface area (Å²) in [4.78, 5) is 34.8. The Morgan fingerprint density at radius 3 is 2.68 bits per heavy atom. The quantitative estimate of drug-likeness (QED) is 0.556. The van der Waals surface area contributed by atoms with Crippen LogP contribution >= 0.6 is 23.1 Å². The van der Waals surface area contributed by atoms with Crippen LogP contribution < -0.4 is 5.56 Å². The molecule has 152 valence electrons. The van der Waals surface area contributed by atoms with Gasteiger partial charge in [0.2, 0.25) is 5.91 Å². The number of thioether (sulfide) groups is 1. The van der Waals surface area contributed by atoms with E-state index in [1.54, 1.807) is 15.9 Å². The molecule has 3 heterocycles. The lowest BCUT2D eigenvalue weighted by Crippen LogP contribution is -2.39. The van der Waals surface area contributed by atoms with Crippen LogP contribution in [0, 0.1) is 11.8 Å². The smallest absolute Gasteiger partial charge is 0.263 e. The van der Waals surface area contributed by atoms with Crippen molar-refractivity contribution in [2.24, 2.45) is 11.8 Å². The summed E-state index contributed by atoms with van der Waals surface area (Å²) >= 11 is 3.10. The van der Waals surface area contributed by atoms with Crippen LogP contribution in [0.25, 0.3) is 10.2 Å². The van der Waals surface area contributed by atoms with Gasteiger partial charge in [0.25, 0.3) is 5.56 Å². The molecule has 1 fully saturated rings. The number of carbonyl (C=O) groups is 1. The summed E-state index contributed by atoms with van der Waals surface area (Å²) in [5.74, 6) is 1.90. The van der Waals surface area contributed by atoms with Crippen molar-refractivity contribution in [2.75, 3.05) is 18.8 Å². The predicted molar refractivity (Wildman–Crippen MR) is 116 cm³/mol. The zero-order valence-electron chi connectivity index (χ0n) is 17.0. The van der Waals surface area contributed by atoms with Crippen LogP contribution in [0.4, 0.5) is 0 Å². The molecule has 0 spiro atoms. The van der Waals surface area contributed by atoms with Gasteiger partial charge in [-0.1, -0.05) is 25.6 Å². The predicted octanol–water partition coefficient (Wildman–Crippen LogP) is 3.95. The second kappa shape index (κ2) is 8.19. The Balaban J connectivity index is 1.59. The lowest BCUT2D eigenvalue weighted by molar-refractivity contribution is -0.129. The highest BCUT2D eigenvalue weighted by atomic mass is 32.2. The molecule has 0 bridgehead atoms. The summed E-state index contributed by atoms with van der Waals surface area (Å²) in [6.07, 6.45) is 5.34.